The zero-order valence-electron chi connectivity index (χ0n) is 14.3. The minimum Gasteiger partial charge on any atom is -0.355 e. The number of nitrogens with one attached hydrogen (secondary N) is 1. The van der Waals surface area contributed by atoms with Crippen molar-refractivity contribution >= 4 is 5.91 Å². The van der Waals surface area contributed by atoms with Crippen molar-refractivity contribution in [2.24, 2.45) is 0 Å². The van der Waals surface area contributed by atoms with Crippen LogP contribution in [0.5, 0.6) is 0 Å². The first-order valence-electron chi connectivity index (χ1n) is 8.33. The Labute approximate surface area is 143 Å². The highest BCUT2D eigenvalue weighted by Gasteiger charge is 2.14. The lowest BCUT2D eigenvalue weighted by molar-refractivity contribution is -0.122. The van der Waals surface area contributed by atoms with Gasteiger partial charge in [0.2, 0.25) is 5.91 Å². The summed E-state index contributed by atoms with van der Waals surface area (Å²) in [5, 5.41) is 2.94. The van der Waals surface area contributed by atoms with E-state index in [-0.39, 0.29) is 17.8 Å². The number of benzene rings is 2. The van der Waals surface area contributed by atoms with Crippen molar-refractivity contribution in [1.29, 1.82) is 0 Å². The van der Waals surface area contributed by atoms with Gasteiger partial charge in [-0.05, 0) is 43.5 Å². The molecule has 0 fully saturated rings. The third-order valence-corrected chi connectivity index (χ3v) is 3.95. The normalized spacial score (nSPS) is 11.0. The van der Waals surface area contributed by atoms with E-state index in [0.717, 1.165) is 12.1 Å². The van der Waals surface area contributed by atoms with Gasteiger partial charge in [0, 0.05) is 19.1 Å². The van der Waals surface area contributed by atoms with Gasteiger partial charge in [-0.25, -0.2) is 4.39 Å². The first-order valence-corrected chi connectivity index (χ1v) is 8.33. The Morgan fingerprint density at radius 2 is 1.71 bits per heavy atom. The molecule has 1 N–H and O–H groups in total. The van der Waals surface area contributed by atoms with Crippen molar-refractivity contribution in [2.75, 3.05) is 13.1 Å². The Kier molecular flexibility index (Phi) is 6.94. The molecule has 2 rings (SSSR count). The minimum atomic E-state index is -0.240. The summed E-state index contributed by atoms with van der Waals surface area (Å²) in [6.07, 6.45) is 0.701. The van der Waals surface area contributed by atoms with Crippen molar-refractivity contribution in [1.82, 2.24) is 10.2 Å². The van der Waals surface area contributed by atoms with Gasteiger partial charge in [0.1, 0.15) is 5.82 Å². The highest BCUT2D eigenvalue weighted by molar-refractivity contribution is 5.78. The Morgan fingerprint density at radius 3 is 2.33 bits per heavy atom. The number of hydrogen-bond acceptors (Lipinski definition) is 2. The molecule has 2 aromatic rings. The number of rotatable bonds is 8. The summed E-state index contributed by atoms with van der Waals surface area (Å²) in [7, 11) is 0. The maximum atomic E-state index is 12.9. The molecule has 0 saturated carbocycles. The molecule has 4 heteroatoms. The summed E-state index contributed by atoms with van der Waals surface area (Å²) in [6, 6.07) is 16.8. The second-order valence-corrected chi connectivity index (χ2v) is 6.21. The van der Waals surface area contributed by atoms with Crippen LogP contribution in [0.3, 0.4) is 0 Å². The van der Waals surface area contributed by atoms with Crippen LogP contribution in [0.1, 0.15) is 25.0 Å². The van der Waals surface area contributed by atoms with E-state index in [1.807, 2.05) is 18.2 Å². The molecule has 0 spiro atoms. The second kappa shape index (κ2) is 9.18. The Hall–Kier alpha value is -2.20. The first kappa shape index (κ1) is 18.1. The molecule has 0 bridgehead atoms. The number of carbonyl (C=O) groups is 1. The third kappa shape index (κ3) is 6.13. The molecule has 3 nitrogen and oxygen atoms in total. The average molecular weight is 328 g/mol. The highest BCUT2D eigenvalue weighted by atomic mass is 19.1. The molecule has 0 atom stereocenters. The fraction of sp³-hybridized carbons (Fsp3) is 0.350. The maximum absolute atomic E-state index is 12.9. The second-order valence-electron chi connectivity index (χ2n) is 6.21. The van der Waals surface area contributed by atoms with E-state index in [2.05, 4.69) is 36.2 Å². The topological polar surface area (TPSA) is 32.3 Å². The third-order valence-electron chi connectivity index (χ3n) is 3.95. The van der Waals surface area contributed by atoms with Gasteiger partial charge in [0.05, 0.1) is 6.54 Å². The molecule has 0 aliphatic rings. The van der Waals surface area contributed by atoms with Gasteiger partial charge in [-0.15, -0.1) is 0 Å². The van der Waals surface area contributed by atoms with Gasteiger partial charge in [0.25, 0.3) is 0 Å². The van der Waals surface area contributed by atoms with Crippen molar-refractivity contribution in [3.8, 4) is 0 Å². The summed E-state index contributed by atoms with van der Waals surface area (Å²) >= 11 is 0. The van der Waals surface area contributed by atoms with Crippen LogP contribution in [0.25, 0.3) is 0 Å². The zero-order valence-corrected chi connectivity index (χ0v) is 14.3. The molecule has 0 heterocycles. The Bertz CT molecular complexity index is 626. The first-order chi connectivity index (χ1) is 11.5. The van der Waals surface area contributed by atoms with Crippen molar-refractivity contribution in [3.63, 3.8) is 0 Å². The fourth-order valence-electron chi connectivity index (χ4n) is 2.48. The standard InChI is InChI=1S/C20H25FN2O/c1-16(2)23(14-18-6-4-3-5-7-18)15-20(24)22-13-12-17-8-10-19(21)11-9-17/h3-11,16H,12-15H2,1-2H3,(H,22,24). The molecular weight excluding hydrogens is 303 g/mol. The lowest BCUT2D eigenvalue weighted by atomic mass is 10.1. The van der Waals surface area contributed by atoms with Crippen LogP contribution in [0.4, 0.5) is 4.39 Å². The molecule has 0 aromatic heterocycles. The van der Waals surface area contributed by atoms with E-state index in [1.54, 1.807) is 12.1 Å². The van der Waals surface area contributed by atoms with Gasteiger partial charge in [-0.2, -0.15) is 0 Å². The van der Waals surface area contributed by atoms with Crippen LogP contribution in [0.2, 0.25) is 0 Å². The quantitative estimate of drug-likeness (QED) is 0.805. The number of carbonyl (C=O) groups excluding carboxylic acids is 1. The number of halogens is 1. The van der Waals surface area contributed by atoms with E-state index in [4.69, 9.17) is 0 Å². The molecule has 0 saturated heterocycles. The highest BCUT2D eigenvalue weighted by Crippen LogP contribution is 2.08. The summed E-state index contributed by atoms with van der Waals surface area (Å²) < 4.78 is 12.9. The van der Waals surface area contributed by atoms with E-state index in [1.165, 1.54) is 17.7 Å². The van der Waals surface area contributed by atoms with Gasteiger partial charge in [-0.1, -0.05) is 42.5 Å². The van der Waals surface area contributed by atoms with Gasteiger partial charge in [-0.3, -0.25) is 9.69 Å². The van der Waals surface area contributed by atoms with Crippen molar-refractivity contribution < 1.29 is 9.18 Å². The predicted molar refractivity (Wildman–Crippen MR) is 95.1 cm³/mol. The summed E-state index contributed by atoms with van der Waals surface area (Å²) in [5.41, 5.74) is 2.21. The van der Waals surface area contributed by atoms with Gasteiger partial charge >= 0.3 is 0 Å². The fourth-order valence-corrected chi connectivity index (χ4v) is 2.48. The molecular formula is C20H25FN2O. The largest absolute Gasteiger partial charge is 0.355 e. The number of amides is 1. The van der Waals surface area contributed by atoms with E-state index in [9.17, 15) is 9.18 Å². The Balaban J connectivity index is 1.79. The van der Waals surface area contributed by atoms with Gasteiger partial charge in [0.15, 0.2) is 0 Å². The van der Waals surface area contributed by atoms with Gasteiger partial charge < -0.3 is 5.32 Å². The summed E-state index contributed by atoms with van der Waals surface area (Å²) in [5.74, 6) is -0.224. The number of hydrogen-bond donors (Lipinski definition) is 1. The molecule has 128 valence electrons. The predicted octanol–water partition coefficient (Wildman–Crippen LogP) is 3.40. The zero-order chi connectivity index (χ0) is 17.4. The molecule has 24 heavy (non-hydrogen) atoms. The molecule has 0 unspecified atom stereocenters. The minimum absolute atomic E-state index is 0.0155. The van der Waals surface area contributed by atoms with Crippen LogP contribution in [0, 0.1) is 5.82 Å². The van der Waals surface area contributed by atoms with Crippen LogP contribution in [-0.2, 0) is 17.8 Å². The van der Waals surface area contributed by atoms with Crippen molar-refractivity contribution in [2.45, 2.75) is 32.9 Å². The van der Waals surface area contributed by atoms with E-state index in [0.29, 0.717) is 19.5 Å². The lowest BCUT2D eigenvalue weighted by Crippen LogP contribution is -2.40. The van der Waals surface area contributed by atoms with Crippen LogP contribution >= 0.6 is 0 Å². The van der Waals surface area contributed by atoms with E-state index < -0.39 is 0 Å². The molecule has 1 amide bonds. The molecule has 0 radical (unpaired) electrons. The van der Waals surface area contributed by atoms with Crippen molar-refractivity contribution in [3.05, 3.63) is 71.5 Å². The molecule has 0 aliphatic heterocycles. The van der Waals surface area contributed by atoms with Crippen LogP contribution in [-0.4, -0.2) is 29.9 Å². The SMILES string of the molecule is CC(C)N(CC(=O)NCCc1ccc(F)cc1)Cc1ccccc1. The number of nitrogens with zero attached hydrogens (tertiary/aromatic N) is 1. The Morgan fingerprint density at radius 1 is 1.04 bits per heavy atom. The maximum Gasteiger partial charge on any atom is 0.234 e. The average Bonchev–Trinajstić information content (AvgIpc) is 2.57. The van der Waals surface area contributed by atoms with E-state index >= 15 is 0 Å². The molecule has 0 aliphatic carbocycles. The van der Waals surface area contributed by atoms with Crippen LogP contribution < -0.4 is 5.32 Å². The summed E-state index contributed by atoms with van der Waals surface area (Å²) in [4.78, 5) is 14.3. The lowest BCUT2D eigenvalue weighted by Gasteiger charge is -2.26. The smallest absolute Gasteiger partial charge is 0.234 e. The summed E-state index contributed by atoms with van der Waals surface area (Å²) in [6.45, 7) is 5.87. The molecule has 2 aromatic carbocycles. The monoisotopic (exact) mass is 328 g/mol. The van der Waals surface area contributed by atoms with Crippen LogP contribution in [0.15, 0.2) is 54.6 Å².